The van der Waals surface area contributed by atoms with Gasteiger partial charge in [0.25, 0.3) is 0 Å². The highest BCUT2D eigenvalue weighted by Gasteiger charge is 2.27. The summed E-state index contributed by atoms with van der Waals surface area (Å²) in [5.74, 6) is 0. The third kappa shape index (κ3) is 3.73. The minimum Gasteiger partial charge on any atom is -0.371 e. The fourth-order valence-corrected chi connectivity index (χ4v) is 3.05. The van der Waals surface area contributed by atoms with Crippen molar-refractivity contribution in [3.63, 3.8) is 0 Å². The quantitative estimate of drug-likeness (QED) is 0.896. The normalized spacial score (nSPS) is 20.3. The lowest BCUT2D eigenvalue weighted by Gasteiger charge is -2.40. The van der Waals surface area contributed by atoms with Crippen molar-refractivity contribution in [1.29, 1.82) is 0 Å². The third-order valence-corrected chi connectivity index (χ3v) is 4.24. The average Bonchev–Trinajstić information content (AvgIpc) is 2.38. The number of hydrogen-bond acceptors (Lipinski definition) is 2. The maximum Gasteiger partial charge on any atom is 0.0399 e. The zero-order valence-electron chi connectivity index (χ0n) is 12.7. The Balaban J connectivity index is 2.19. The number of benzene rings is 1. The minimum atomic E-state index is 0.277. The number of piperidine rings is 1. The second-order valence-corrected chi connectivity index (χ2v) is 6.69. The van der Waals surface area contributed by atoms with Crippen molar-refractivity contribution >= 4 is 5.69 Å². The van der Waals surface area contributed by atoms with Gasteiger partial charge in [-0.1, -0.05) is 39.0 Å². The summed E-state index contributed by atoms with van der Waals surface area (Å²) >= 11 is 0. The molecule has 0 aliphatic carbocycles. The van der Waals surface area contributed by atoms with Gasteiger partial charge in [0.2, 0.25) is 0 Å². The number of rotatable bonds is 4. The summed E-state index contributed by atoms with van der Waals surface area (Å²) in [5.41, 5.74) is 9.38. The van der Waals surface area contributed by atoms with E-state index in [1.165, 1.54) is 30.6 Å². The standard InChI is InChI=1S/C17H28N2/c1-4-15(18)12-14-8-5-6-9-16(14)19-11-7-10-17(2,3)13-19/h5-6,8-9,15H,4,7,10-13,18H2,1-3H3. The van der Waals surface area contributed by atoms with Crippen LogP contribution in [0, 0.1) is 5.41 Å². The van der Waals surface area contributed by atoms with Crippen LogP contribution in [-0.4, -0.2) is 19.1 Å². The predicted octanol–water partition coefficient (Wildman–Crippen LogP) is 3.59. The molecule has 0 spiro atoms. The van der Waals surface area contributed by atoms with Crippen molar-refractivity contribution in [2.24, 2.45) is 11.1 Å². The first-order chi connectivity index (χ1) is 9.02. The van der Waals surface area contributed by atoms with Crippen molar-refractivity contribution in [3.8, 4) is 0 Å². The van der Waals surface area contributed by atoms with E-state index in [1.807, 2.05) is 0 Å². The highest BCUT2D eigenvalue weighted by atomic mass is 15.1. The molecule has 106 valence electrons. The molecule has 0 radical (unpaired) electrons. The summed E-state index contributed by atoms with van der Waals surface area (Å²) in [5, 5.41) is 0. The van der Waals surface area contributed by atoms with Crippen LogP contribution in [0.4, 0.5) is 5.69 Å². The van der Waals surface area contributed by atoms with E-state index in [-0.39, 0.29) is 6.04 Å². The SMILES string of the molecule is CCC(N)Cc1ccccc1N1CCCC(C)(C)C1. The number of nitrogens with zero attached hydrogens (tertiary/aromatic N) is 1. The van der Waals surface area contributed by atoms with Gasteiger partial charge < -0.3 is 10.6 Å². The van der Waals surface area contributed by atoms with E-state index in [4.69, 9.17) is 5.73 Å². The molecule has 0 aromatic heterocycles. The predicted molar refractivity (Wildman–Crippen MR) is 83.6 cm³/mol. The fourth-order valence-electron chi connectivity index (χ4n) is 3.05. The number of hydrogen-bond donors (Lipinski definition) is 1. The number of anilines is 1. The Morgan fingerprint density at radius 2 is 2.05 bits per heavy atom. The van der Waals surface area contributed by atoms with E-state index in [0.717, 1.165) is 19.4 Å². The highest BCUT2D eigenvalue weighted by Crippen LogP contribution is 2.33. The Morgan fingerprint density at radius 3 is 2.74 bits per heavy atom. The lowest BCUT2D eigenvalue weighted by Crippen LogP contribution is -2.40. The monoisotopic (exact) mass is 260 g/mol. The Bertz CT molecular complexity index is 411. The minimum absolute atomic E-state index is 0.277. The summed E-state index contributed by atoms with van der Waals surface area (Å²) in [6, 6.07) is 9.07. The van der Waals surface area contributed by atoms with Crippen LogP contribution in [0.1, 0.15) is 45.6 Å². The van der Waals surface area contributed by atoms with Gasteiger partial charge in [0.15, 0.2) is 0 Å². The topological polar surface area (TPSA) is 29.3 Å². The molecular formula is C17H28N2. The highest BCUT2D eigenvalue weighted by molar-refractivity contribution is 5.54. The van der Waals surface area contributed by atoms with Crippen LogP contribution in [0.2, 0.25) is 0 Å². The van der Waals surface area contributed by atoms with E-state index in [0.29, 0.717) is 5.41 Å². The Morgan fingerprint density at radius 1 is 1.32 bits per heavy atom. The van der Waals surface area contributed by atoms with Crippen LogP contribution in [0.3, 0.4) is 0 Å². The van der Waals surface area contributed by atoms with Gasteiger partial charge in [-0.3, -0.25) is 0 Å². The second-order valence-electron chi connectivity index (χ2n) is 6.69. The summed E-state index contributed by atoms with van der Waals surface area (Å²) < 4.78 is 0. The van der Waals surface area contributed by atoms with Crippen molar-refractivity contribution in [3.05, 3.63) is 29.8 Å². The maximum atomic E-state index is 6.14. The molecule has 1 saturated heterocycles. The molecule has 19 heavy (non-hydrogen) atoms. The van der Waals surface area contributed by atoms with Crippen LogP contribution < -0.4 is 10.6 Å². The molecule has 2 heteroatoms. The van der Waals surface area contributed by atoms with E-state index in [2.05, 4.69) is 49.9 Å². The zero-order chi connectivity index (χ0) is 13.9. The van der Waals surface area contributed by atoms with Gasteiger partial charge >= 0.3 is 0 Å². The second kappa shape index (κ2) is 5.96. The fraction of sp³-hybridized carbons (Fsp3) is 0.647. The molecule has 1 heterocycles. The first-order valence-corrected chi connectivity index (χ1v) is 7.60. The molecule has 1 unspecified atom stereocenters. The molecule has 1 aromatic carbocycles. The van der Waals surface area contributed by atoms with Crippen molar-refractivity contribution in [2.75, 3.05) is 18.0 Å². The third-order valence-electron chi connectivity index (χ3n) is 4.24. The molecule has 0 amide bonds. The number of para-hydroxylation sites is 1. The summed E-state index contributed by atoms with van der Waals surface area (Å²) in [6.07, 6.45) is 4.66. The summed E-state index contributed by atoms with van der Waals surface area (Å²) in [7, 11) is 0. The molecule has 1 fully saturated rings. The molecule has 2 rings (SSSR count). The molecule has 1 atom stereocenters. The van der Waals surface area contributed by atoms with Crippen LogP contribution in [-0.2, 0) is 6.42 Å². The van der Waals surface area contributed by atoms with Gasteiger partial charge in [0.05, 0.1) is 0 Å². The Labute approximate surface area is 118 Å². The first-order valence-electron chi connectivity index (χ1n) is 7.60. The maximum absolute atomic E-state index is 6.14. The van der Waals surface area contributed by atoms with E-state index in [1.54, 1.807) is 0 Å². The summed E-state index contributed by atoms with van der Waals surface area (Å²) in [4.78, 5) is 2.56. The lowest BCUT2D eigenvalue weighted by atomic mass is 9.83. The molecule has 1 aromatic rings. The molecule has 1 aliphatic rings. The Kier molecular flexibility index (Phi) is 4.51. The van der Waals surface area contributed by atoms with Crippen molar-refractivity contribution in [2.45, 2.75) is 52.5 Å². The van der Waals surface area contributed by atoms with Crippen molar-refractivity contribution < 1.29 is 0 Å². The van der Waals surface area contributed by atoms with E-state index in [9.17, 15) is 0 Å². The van der Waals surface area contributed by atoms with Crippen LogP contribution in [0.25, 0.3) is 0 Å². The molecule has 2 nitrogen and oxygen atoms in total. The smallest absolute Gasteiger partial charge is 0.0399 e. The molecule has 0 saturated carbocycles. The van der Waals surface area contributed by atoms with E-state index < -0.39 is 0 Å². The summed E-state index contributed by atoms with van der Waals surface area (Å²) in [6.45, 7) is 9.25. The van der Waals surface area contributed by atoms with E-state index >= 15 is 0 Å². The Hall–Kier alpha value is -1.02. The van der Waals surface area contributed by atoms with Gasteiger partial charge in [-0.2, -0.15) is 0 Å². The lowest BCUT2D eigenvalue weighted by molar-refractivity contribution is 0.293. The van der Waals surface area contributed by atoms with Gasteiger partial charge in [-0.05, 0) is 42.7 Å². The number of nitrogens with two attached hydrogens (primary N) is 1. The van der Waals surface area contributed by atoms with Crippen LogP contribution in [0.5, 0.6) is 0 Å². The zero-order valence-corrected chi connectivity index (χ0v) is 12.7. The molecule has 0 bridgehead atoms. The van der Waals surface area contributed by atoms with Gasteiger partial charge in [-0.15, -0.1) is 0 Å². The molecule has 1 aliphatic heterocycles. The van der Waals surface area contributed by atoms with Gasteiger partial charge in [0, 0.05) is 24.8 Å². The molecule has 2 N–H and O–H groups in total. The van der Waals surface area contributed by atoms with Crippen LogP contribution >= 0.6 is 0 Å². The van der Waals surface area contributed by atoms with Crippen LogP contribution in [0.15, 0.2) is 24.3 Å². The molecular weight excluding hydrogens is 232 g/mol. The largest absolute Gasteiger partial charge is 0.371 e. The van der Waals surface area contributed by atoms with Gasteiger partial charge in [0.1, 0.15) is 0 Å². The average molecular weight is 260 g/mol. The first kappa shape index (κ1) is 14.4. The van der Waals surface area contributed by atoms with Crippen molar-refractivity contribution in [1.82, 2.24) is 0 Å². The van der Waals surface area contributed by atoms with Gasteiger partial charge in [-0.25, -0.2) is 0 Å².